The van der Waals surface area contributed by atoms with Gasteiger partial charge in [-0.25, -0.2) is 15.0 Å². The minimum absolute atomic E-state index is 0.587. The normalized spacial score (nSPS) is 11.2. The quantitative estimate of drug-likeness (QED) is 0.139. The second kappa shape index (κ2) is 12.2. The Balaban J connectivity index is 1.22. The van der Waals surface area contributed by atoms with Gasteiger partial charge in [-0.05, 0) is 72.8 Å². The highest BCUT2D eigenvalue weighted by molar-refractivity contribution is 6.21. The van der Waals surface area contributed by atoms with Crippen molar-refractivity contribution in [1.82, 2.24) is 15.0 Å². The molecule has 0 aliphatic rings. The predicted molar refractivity (Wildman–Crippen MR) is 204 cm³/mol. The lowest BCUT2D eigenvalue weighted by Crippen LogP contribution is -2.01. The zero-order valence-electron chi connectivity index (χ0n) is 27.0. The van der Waals surface area contributed by atoms with Gasteiger partial charge in [-0.3, -0.25) is 0 Å². The Morgan fingerprint density at radius 1 is 0.380 bits per heavy atom. The summed E-state index contributed by atoms with van der Waals surface area (Å²) in [6.45, 7) is 0. The molecule has 0 amide bonds. The first kappa shape index (κ1) is 29.2. The zero-order chi connectivity index (χ0) is 33.4. The van der Waals surface area contributed by atoms with Crippen LogP contribution in [0.3, 0.4) is 0 Å². The van der Waals surface area contributed by atoms with Gasteiger partial charge in [0.2, 0.25) is 0 Å². The number of benzene rings is 8. The Labute approximate surface area is 289 Å². The molecule has 0 N–H and O–H groups in total. The Morgan fingerprint density at radius 3 is 1.66 bits per heavy atom. The van der Waals surface area contributed by atoms with Crippen molar-refractivity contribution in [3.05, 3.63) is 175 Å². The highest BCUT2D eigenvalue weighted by Gasteiger charge is 2.17. The molecular formula is C46H28N4. The van der Waals surface area contributed by atoms with Crippen LogP contribution in [-0.2, 0) is 0 Å². The number of hydrogen-bond acceptors (Lipinski definition) is 4. The van der Waals surface area contributed by atoms with Crippen molar-refractivity contribution in [3.63, 3.8) is 0 Å². The standard InChI is InChI=1S/C46H28N4/c47-29-30-18-20-32(21-19-30)38-14-8-9-17-41(38)46-49-44(34-11-2-1-3-12-34)48-45(50-46)35-25-23-33(24-26-35)42-40-16-7-5-13-36(40)28-37-27-22-31-10-4-6-15-39(31)43(37)42/h1-28H. The number of aromatic nitrogens is 3. The minimum atomic E-state index is 0.587. The van der Waals surface area contributed by atoms with Gasteiger partial charge in [0.25, 0.3) is 0 Å². The fourth-order valence-corrected chi connectivity index (χ4v) is 6.92. The molecule has 0 spiro atoms. The van der Waals surface area contributed by atoms with Gasteiger partial charge in [-0.2, -0.15) is 5.26 Å². The van der Waals surface area contributed by atoms with Gasteiger partial charge in [-0.1, -0.05) is 152 Å². The van der Waals surface area contributed by atoms with E-state index in [2.05, 4.69) is 103 Å². The summed E-state index contributed by atoms with van der Waals surface area (Å²) in [5.74, 6) is 1.79. The summed E-state index contributed by atoms with van der Waals surface area (Å²) in [5.41, 5.74) is 7.66. The first-order valence-corrected chi connectivity index (χ1v) is 16.6. The number of fused-ring (bicyclic) bond motifs is 4. The molecule has 232 valence electrons. The molecule has 4 heteroatoms. The van der Waals surface area contributed by atoms with Gasteiger partial charge < -0.3 is 0 Å². The van der Waals surface area contributed by atoms with Gasteiger partial charge in [0, 0.05) is 16.7 Å². The molecule has 4 nitrogen and oxygen atoms in total. The summed E-state index contributed by atoms with van der Waals surface area (Å²) in [6.07, 6.45) is 0. The van der Waals surface area contributed by atoms with Gasteiger partial charge >= 0.3 is 0 Å². The molecule has 9 rings (SSSR count). The van der Waals surface area contributed by atoms with Gasteiger partial charge in [0.1, 0.15) is 0 Å². The molecule has 0 radical (unpaired) electrons. The maximum Gasteiger partial charge on any atom is 0.164 e. The zero-order valence-corrected chi connectivity index (χ0v) is 27.0. The molecule has 1 aromatic heterocycles. The molecule has 50 heavy (non-hydrogen) atoms. The third-order valence-electron chi connectivity index (χ3n) is 9.34. The van der Waals surface area contributed by atoms with E-state index in [-0.39, 0.29) is 0 Å². The molecule has 1 heterocycles. The Kier molecular flexibility index (Phi) is 7.15. The SMILES string of the molecule is N#Cc1ccc(-c2ccccc2-c2nc(-c3ccccc3)nc(-c3ccc(-c4c5ccccc5cc5ccc6ccccc6c45)cc3)n2)cc1. The van der Waals surface area contributed by atoms with Crippen LogP contribution in [0.25, 0.3) is 88.7 Å². The van der Waals surface area contributed by atoms with Crippen LogP contribution in [0.4, 0.5) is 0 Å². The molecule has 0 fully saturated rings. The molecule has 0 unspecified atom stereocenters. The first-order chi connectivity index (χ1) is 24.7. The third kappa shape index (κ3) is 5.15. The van der Waals surface area contributed by atoms with Crippen LogP contribution in [0.1, 0.15) is 5.56 Å². The number of nitrogens with zero attached hydrogens (tertiary/aromatic N) is 4. The molecule has 0 aliphatic heterocycles. The van der Waals surface area contributed by atoms with Gasteiger partial charge in [-0.15, -0.1) is 0 Å². The van der Waals surface area contributed by atoms with Gasteiger partial charge in [0.05, 0.1) is 11.6 Å². The second-order valence-electron chi connectivity index (χ2n) is 12.3. The second-order valence-corrected chi connectivity index (χ2v) is 12.3. The molecule has 0 bridgehead atoms. The van der Waals surface area contributed by atoms with E-state index >= 15 is 0 Å². The van der Waals surface area contributed by atoms with Crippen LogP contribution in [0.2, 0.25) is 0 Å². The molecule has 9 aromatic rings. The van der Waals surface area contributed by atoms with Crippen molar-refractivity contribution in [1.29, 1.82) is 5.26 Å². The van der Waals surface area contributed by atoms with E-state index in [4.69, 9.17) is 15.0 Å². The maximum atomic E-state index is 9.35. The van der Waals surface area contributed by atoms with Crippen LogP contribution in [0.15, 0.2) is 170 Å². The lowest BCUT2D eigenvalue weighted by Gasteiger charge is -2.15. The van der Waals surface area contributed by atoms with Crippen molar-refractivity contribution >= 4 is 32.3 Å². The van der Waals surface area contributed by atoms with Crippen molar-refractivity contribution < 1.29 is 0 Å². The number of hydrogen-bond donors (Lipinski definition) is 0. The average Bonchev–Trinajstić information content (AvgIpc) is 3.20. The van der Waals surface area contributed by atoms with E-state index in [1.807, 2.05) is 72.8 Å². The summed E-state index contributed by atoms with van der Waals surface area (Å²) in [6, 6.07) is 60.6. The molecule has 0 saturated carbocycles. The van der Waals surface area contributed by atoms with Crippen LogP contribution in [0, 0.1) is 11.3 Å². The van der Waals surface area contributed by atoms with Crippen LogP contribution in [0.5, 0.6) is 0 Å². The summed E-state index contributed by atoms with van der Waals surface area (Å²) in [5, 5.41) is 16.7. The fraction of sp³-hybridized carbons (Fsp3) is 0. The Morgan fingerprint density at radius 2 is 0.920 bits per heavy atom. The molecule has 0 aliphatic carbocycles. The largest absolute Gasteiger partial charge is 0.208 e. The predicted octanol–water partition coefficient (Wildman–Crippen LogP) is 11.5. The van der Waals surface area contributed by atoms with Crippen molar-refractivity contribution in [2.45, 2.75) is 0 Å². The minimum Gasteiger partial charge on any atom is -0.208 e. The van der Waals surface area contributed by atoms with Crippen molar-refractivity contribution in [3.8, 4) is 62.5 Å². The first-order valence-electron chi connectivity index (χ1n) is 16.6. The average molecular weight is 637 g/mol. The van der Waals surface area contributed by atoms with Gasteiger partial charge in [0.15, 0.2) is 17.5 Å². The topological polar surface area (TPSA) is 62.5 Å². The summed E-state index contributed by atoms with van der Waals surface area (Å²) < 4.78 is 0. The molecule has 8 aromatic carbocycles. The van der Waals surface area contributed by atoms with Crippen LogP contribution >= 0.6 is 0 Å². The Bertz CT molecular complexity index is 2740. The lowest BCUT2D eigenvalue weighted by molar-refractivity contribution is 1.07. The lowest BCUT2D eigenvalue weighted by atomic mass is 9.89. The Hall–Kier alpha value is -6.96. The third-order valence-corrected chi connectivity index (χ3v) is 9.34. The fourth-order valence-electron chi connectivity index (χ4n) is 6.92. The highest BCUT2D eigenvalue weighted by atomic mass is 15.0. The molecule has 0 atom stereocenters. The van der Waals surface area contributed by atoms with Crippen molar-refractivity contribution in [2.75, 3.05) is 0 Å². The summed E-state index contributed by atoms with van der Waals surface area (Å²) in [4.78, 5) is 15.1. The monoisotopic (exact) mass is 636 g/mol. The van der Waals surface area contributed by atoms with E-state index in [9.17, 15) is 5.26 Å². The summed E-state index contributed by atoms with van der Waals surface area (Å²) in [7, 11) is 0. The smallest absolute Gasteiger partial charge is 0.164 e. The number of nitriles is 1. The van der Waals surface area contributed by atoms with Crippen LogP contribution < -0.4 is 0 Å². The van der Waals surface area contributed by atoms with Crippen molar-refractivity contribution in [2.24, 2.45) is 0 Å². The van der Waals surface area contributed by atoms with E-state index in [0.29, 0.717) is 23.0 Å². The van der Waals surface area contributed by atoms with E-state index in [1.54, 1.807) is 0 Å². The van der Waals surface area contributed by atoms with E-state index in [0.717, 1.165) is 33.4 Å². The highest BCUT2D eigenvalue weighted by Crippen LogP contribution is 2.41. The summed E-state index contributed by atoms with van der Waals surface area (Å²) >= 11 is 0. The number of rotatable bonds is 5. The van der Waals surface area contributed by atoms with Crippen LogP contribution in [-0.4, -0.2) is 15.0 Å². The van der Waals surface area contributed by atoms with E-state index in [1.165, 1.54) is 37.9 Å². The molecule has 0 saturated heterocycles. The maximum absolute atomic E-state index is 9.35. The molecular weight excluding hydrogens is 609 g/mol. The van der Waals surface area contributed by atoms with E-state index < -0.39 is 0 Å².